The van der Waals surface area contributed by atoms with Gasteiger partial charge in [-0.15, -0.1) is 0 Å². The van der Waals surface area contributed by atoms with Crippen LogP contribution in [0.15, 0.2) is 41.1 Å². The van der Waals surface area contributed by atoms with Crippen molar-refractivity contribution in [1.29, 1.82) is 0 Å². The van der Waals surface area contributed by atoms with E-state index in [2.05, 4.69) is 5.16 Å². The Balaban J connectivity index is 2.39. The van der Waals surface area contributed by atoms with Crippen molar-refractivity contribution in [1.82, 2.24) is 10.2 Å². The normalized spacial score (nSPS) is 10.2. The molecule has 1 amide bonds. The Kier molecular flexibility index (Phi) is 3.20. The summed E-state index contributed by atoms with van der Waals surface area (Å²) in [6.07, 6.45) is 1.39. The van der Waals surface area contributed by atoms with Crippen LogP contribution >= 0.6 is 0 Å². The number of hydrogen-bond donors (Lipinski definition) is 0. The molecule has 0 saturated carbocycles. The van der Waals surface area contributed by atoms with Gasteiger partial charge in [-0.3, -0.25) is 9.63 Å². The van der Waals surface area contributed by atoms with Gasteiger partial charge in [0.15, 0.2) is 5.76 Å². The van der Waals surface area contributed by atoms with Gasteiger partial charge in [0.25, 0.3) is 5.91 Å². The van der Waals surface area contributed by atoms with E-state index in [1.165, 1.54) is 20.4 Å². The van der Waals surface area contributed by atoms with E-state index in [9.17, 15) is 4.79 Å². The lowest BCUT2D eigenvalue weighted by Crippen LogP contribution is -2.25. The van der Waals surface area contributed by atoms with Crippen molar-refractivity contribution in [3.8, 4) is 11.3 Å². The van der Waals surface area contributed by atoms with E-state index < -0.39 is 0 Å². The van der Waals surface area contributed by atoms with Crippen molar-refractivity contribution in [3.63, 3.8) is 0 Å². The summed E-state index contributed by atoms with van der Waals surface area (Å²) in [5.41, 5.74) is 1.18. The molecular weight excluding hydrogens is 220 g/mol. The third-order valence-corrected chi connectivity index (χ3v) is 2.40. The molecule has 5 nitrogen and oxygen atoms in total. The molecule has 0 aliphatic heterocycles. The smallest absolute Gasteiger partial charge is 0.282 e. The van der Waals surface area contributed by atoms with Crippen molar-refractivity contribution < 1.29 is 14.2 Å². The molecule has 1 aromatic carbocycles. The molecule has 0 bridgehead atoms. The first-order chi connectivity index (χ1) is 8.24. The molecule has 0 saturated heterocycles. The Morgan fingerprint density at radius 3 is 2.71 bits per heavy atom. The predicted molar refractivity (Wildman–Crippen MR) is 61.0 cm³/mol. The maximum absolute atomic E-state index is 11.9. The summed E-state index contributed by atoms with van der Waals surface area (Å²) < 4.78 is 5.11. The highest BCUT2D eigenvalue weighted by Gasteiger charge is 2.20. The third-order valence-electron chi connectivity index (χ3n) is 2.40. The van der Waals surface area contributed by atoms with Crippen LogP contribution in [-0.4, -0.2) is 30.3 Å². The fraction of sp³-hybridized carbons (Fsp3) is 0.167. The molecule has 0 aliphatic rings. The number of hydroxylamine groups is 2. The topological polar surface area (TPSA) is 55.6 Å². The van der Waals surface area contributed by atoms with E-state index in [4.69, 9.17) is 9.36 Å². The van der Waals surface area contributed by atoms with Crippen LogP contribution in [0, 0.1) is 0 Å². The quantitative estimate of drug-likeness (QED) is 0.759. The molecule has 1 heterocycles. The van der Waals surface area contributed by atoms with Crippen molar-refractivity contribution in [2.45, 2.75) is 0 Å². The summed E-state index contributed by atoms with van der Waals surface area (Å²) >= 11 is 0. The minimum Gasteiger partial charge on any atom is -0.355 e. The SMILES string of the molecule is CON(C)C(=O)c1cnoc1-c1ccccc1. The van der Waals surface area contributed by atoms with E-state index in [1.54, 1.807) is 0 Å². The van der Waals surface area contributed by atoms with E-state index in [0.717, 1.165) is 10.6 Å². The van der Waals surface area contributed by atoms with Crippen LogP contribution in [0.4, 0.5) is 0 Å². The highest BCUT2D eigenvalue weighted by molar-refractivity contribution is 5.98. The molecule has 0 atom stereocenters. The minimum absolute atomic E-state index is 0.299. The maximum Gasteiger partial charge on any atom is 0.282 e. The van der Waals surface area contributed by atoms with E-state index >= 15 is 0 Å². The van der Waals surface area contributed by atoms with Gasteiger partial charge in [-0.05, 0) is 0 Å². The predicted octanol–water partition coefficient (Wildman–Crippen LogP) is 1.97. The zero-order valence-electron chi connectivity index (χ0n) is 9.58. The van der Waals surface area contributed by atoms with Gasteiger partial charge < -0.3 is 4.52 Å². The number of nitrogens with zero attached hydrogens (tertiary/aromatic N) is 2. The van der Waals surface area contributed by atoms with Crippen LogP contribution in [0.1, 0.15) is 10.4 Å². The first kappa shape index (κ1) is 11.3. The van der Waals surface area contributed by atoms with Crippen LogP contribution in [0.5, 0.6) is 0 Å². The van der Waals surface area contributed by atoms with Crippen LogP contribution in [0.2, 0.25) is 0 Å². The van der Waals surface area contributed by atoms with Gasteiger partial charge in [0.2, 0.25) is 0 Å². The van der Waals surface area contributed by atoms with Gasteiger partial charge in [0, 0.05) is 12.6 Å². The van der Waals surface area contributed by atoms with Gasteiger partial charge >= 0.3 is 0 Å². The summed E-state index contributed by atoms with van der Waals surface area (Å²) in [6, 6.07) is 9.33. The lowest BCUT2D eigenvalue weighted by molar-refractivity contribution is -0.0756. The summed E-state index contributed by atoms with van der Waals surface area (Å²) in [7, 11) is 2.96. The molecule has 0 fully saturated rings. The average molecular weight is 232 g/mol. The number of carbonyl (C=O) groups excluding carboxylic acids is 1. The summed E-state index contributed by atoms with van der Waals surface area (Å²) in [4.78, 5) is 16.8. The lowest BCUT2D eigenvalue weighted by atomic mass is 10.1. The van der Waals surface area contributed by atoms with E-state index in [1.807, 2.05) is 30.3 Å². The Bertz CT molecular complexity index is 507. The molecular formula is C12H12N2O3. The first-order valence-corrected chi connectivity index (χ1v) is 5.06. The molecule has 0 spiro atoms. The Morgan fingerprint density at radius 2 is 2.06 bits per heavy atom. The fourth-order valence-corrected chi connectivity index (χ4v) is 1.44. The zero-order valence-corrected chi connectivity index (χ0v) is 9.58. The highest BCUT2D eigenvalue weighted by Crippen LogP contribution is 2.23. The van der Waals surface area contributed by atoms with E-state index in [-0.39, 0.29) is 5.91 Å². The van der Waals surface area contributed by atoms with Crippen LogP contribution in [-0.2, 0) is 4.84 Å². The second-order valence-electron chi connectivity index (χ2n) is 3.42. The van der Waals surface area contributed by atoms with Crippen molar-refractivity contribution in [2.75, 3.05) is 14.2 Å². The van der Waals surface area contributed by atoms with Crippen LogP contribution < -0.4 is 0 Å². The number of rotatable bonds is 3. The Morgan fingerprint density at radius 1 is 1.35 bits per heavy atom. The van der Waals surface area contributed by atoms with E-state index in [0.29, 0.717) is 11.3 Å². The number of hydrogen-bond acceptors (Lipinski definition) is 4. The first-order valence-electron chi connectivity index (χ1n) is 5.06. The molecule has 0 aliphatic carbocycles. The Hall–Kier alpha value is -2.14. The highest BCUT2D eigenvalue weighted by atomic mass is 16.7. The molecule has 17 heavy (non-hydrogen) atoms. The largest absolute Gasteiger partial charge is 0.355 e. The average Bonchev–Trinajstić information content (AvgIpc) is 2.87. The second-order valence-corrected chi connectivity index (χ2v) is 3.42. The number of benzene rings is 1. The molecule has 0 radical (unpaired) electrons. The number of amides is 1. The van der Waals surface area contributed by atoms with Gasteiger partial charge in [-0.1, -0.05) is 35.5 Å². The van der Waals surface area contributed by atoms with Gasteiger partial charge in [-0.25, -0.2) is 5.06 Å². The third kappa shape index (κ3) is 2.19. The molecule has 0 N–H and O–H groups in total. The summed E-state index contributed by atoms with van der Waals surface area (Å²) in [5, 5.41) is 4.78. The molecule has 5 heteroatoms. The van der Waals surface area contributed by atoms with Crippen molar-refractivity contribution >= 4 is 5.91 Å². The van der Waals surface area contributed by atoms with Crippen LogP contribution in [0.3, 0.4) is 0 Å². The second kappa shape index (κ2) is 4.80. The maximum atomic E-state index is 11.9. The van der Waals surface area contributed by atoms with Gasteiger partial charge in [0.1, 0.15) is 5.56 Å². The van der Waals surface area contributed by atoms with Crippen molar-refractivity contribution in [2.24, 2.45) is 0 Å². The lowest BCUT2D eigenvalue weighted by Gasteiger charge is -2.12. The standard InChI is InChI=1S/C12H12N2O3/c1-14(16-2)12(15)10-8-13-17-11(10)9-6-4-3-5-7-9/h3-8H,1-2H3. The summed E-state index contributed by atoms with van der Waals surface area (Å²) in [5.74, 6) is 0.145. The molecule has 2 aromatic rings. The van der Waals surface area contributed by atoms with Gasteiger partial charge in [-0.2, -0.15) is 0 Å². The number of carbonyl (C=O) groups is 1. The zero-order chi connectivity index (χ0) is 12.3. The molecule has 0 unspecified atom stereocenters. The van der Waals surface area contributed by atoms with Crippen molar-refractivity contribution in [3.05, 3.63) is 42.1 Å². The Labute approximate surface area is 98.5 Å². The summed E-state index contributed by atoms with van der Waals surface area (Å²) in [6.45, 7) is 0. The fourth-order valence-electron chi connectivity index (χ4n) is 1.44. The molecule has 88 valence electrons. The molecule has 1 aromatic heterocycles. The van der Waals surface area contributed by atoms with Crippen LogP contribution in [0.25, 0.3) is 11.3 Å². The minimum atomic E-state index is -0.299. The number of aromatic nitrogens is 1. The monoisotopic (exact) mass is 232 g/mol. The molecule has 2 rings (SSSR count). The van der Waals surface area contributed by atoms with Gasteiger partial charge in [0.05, 0.1) is 13.3 Å².